The van der Waals surface area contributed by atoms with Crippen molar-refractivity contribution in [2.24, 2.45) is 5.73 Å². The summed E-state index contributed by atoms with van der Waals surface area (Å²) in [7, 11) is 0. The summed E-state index contributed by atoms with van der Waals surface area (Å²) in [5, 5.41) is 0. The van der Waals surface area contributed by atoms with Crippen LogP contribution >= 0.6 is 0 Å². The van der Waals surface area contributed by atoms with Gasteiger partial charge in [-0.3, -0.25) is 0 Å². The lowest BCUT2D eigenvalue weighted by Crippen LogP contribution is -1.95. The summed E-state index contributed by atoms with van der Waals surface area (Å²) < 4.78 is 5.15. The van der Waals surface area contributed by atoms with Crippen molar-refractivity contribution in [2.75, 3.05) is 0 Å². The van der Waals surface area contributed by atoms with Crippen molar-refractivity contribution in [3.63, 3.8) is 0 Å². The van der Waals surface area contributed by atoms with Crippen LogP contribution in [-0.2, 0) is 6.54 Å². The molecular formula is C11H12N2O. The molecule has 2 rings (SSSR count). The van der Waals surface area contributed by atoms with E-state index in [1.54, 1.807) is 6.26 Å². The molecular weight excluding hydrogens is 176 g/mol. The van der Waals surface area contributed by atoms with Crippen LogP contribution in [0.5, 0.6) is 0 Å². The Balaban J connectivity index is 2.41. The Morgan fingerprint density at radius 3 is 2.93 bits per heavy atom. The molecule has 72 valence electrons. The van der Waals surface area contributed by atoms with Crippen LogP contribution in [0.15, 0.2) is 34.9 Å². The Morgan fingerprint density at radius 1 is 1.43 bits per heavy atom. The maximum absolute atomic E-state index is 5.56. The lowest BCUT2D eigenvalue weighted by molar-refractivity contribution is 0.521. The van der Waals surface area contributed by atoms with E-state index in [4.69, 9.17) is 10.2 Å². The number of hydrogen-bond acceptors (Lipinski definition) is 3. The quantitative estimate of drug-likeness (QED) is 0.785. The van der Waals surface area contributed by atoms with Gasteiger partial charge in [0.15, 0.2) is 5.89 Å². The molecule has 0 unspecified atom stereocenters. The number of aromatic nitrogens is 1. The van der Waals surface area contributed by atoms with Crippen LogP contribution in [0, 0.1) is 6.92 Å². The van der Waals surface area contributed by atoms with Gasteiger partial charge in [-0.15, -0.1) is 0 Å². The smallest absolute Gasteiger partial charge is 0.191 e. The number of benzene rings is 1. The van der Waals surface area contributed by atoms with Crippen molar-refractivity contribution in [3.05, 3.63) is 42.0 Å². The van der Waals surface area contributed by atoms with E-state index in [0.29, 0.717) is 12.4 Å². The first-order chi connectivity index (χ1) is 6.79. The number of nitrogens with two attached hydrogens (primary N) is 1. The molecule has 0 atom stereocenters. The highest BCUT2D eigenvalue weighted by atomic mass is 16.3. The Bertz CT molecular complexity index is 434. The van der Waals surface area contributed by atoms with E-state index in [1.165, 1.54) is 0 Å². The molecule has 0 fully saturated rings. The van der Waals surface area contributed by atoms with Crippen LogP contribution in [-0.4, -0.2) is 4.98 Å². The highest BCUT2D eigenvalue weighted by Crippen LogP contribution is 2.19. The van der Waals surface area contributed by atoms with Crippen LogP contribution in [0.4, 0.5) is 0 Å². The van der Waals surface area contributed by atoms with Crippen molar-refractivity contribution in [3.8, 4) is 11.3 Å². The Morgan fingerprint density at radius 2 is 2.29 bits per heavy atom. The first kappa shape index (κ1) is 8.97. The van der Waals surface area contributed by atoms with Gasteiger partial charge >= 0.3 is 0 Å². The first-order valence-electron chi connectivity index (χ1n) is 4.51. The van der Waals surface area contributed by atoms with E-state index in [0.717, 1.165) is 16.8 Å². The molecule has 0 saturated heterocycles. The molecule has 3 nitrogen and oxygen atoms in total. The summed E-state index contributed by atoms with van der Waals surface area (Å²) in [6, 6.07) is 7.99. The largest absolute Gasteiger partial charge is 0.449 e. The second-order valence-electron chi connectivity index (χ2n) is 3.16. The highest BCUT2D eigenvalue weighted by Gasteiger charge is 2.02. The third-order valence-corrected chi connectivity index (χ3v) is 2.08. The monoisotopic (exact) mass is 188 g/mol. The number of nitrogens with zero attached hydrogens (tertiary/aromatic N) is 1. The predicted octanol–water partition coefficient (Wildman–Crippen LogP) is 2.11. The summed E-state index contributed by atoms with van der Waals surface area (Å²) in [5.74, 6) is 0.679. The summed E-state index contributed by atoms with van der Waals surface area (Å²) in [6.45, 7) is 2.38. The molecule has 3 heteroatoms. The van der Waals surface area contributed by atoms with Gasteiger partial charge in [0.05, 0.1) is 0 Å². The van der Waals surface area contributed by atoms with Crippen LogP contribution in [0.1, 0.15) is 11.5 Å². The van der Waals surface area contributed by atoms with Crippen LogP contribution in [0.25, 0.3) is 11.3 Å². The summed E-state index contributed by atoms with van der Waals surface area (Å²) >= 11 is 0. The molecule has 0 radical (unpaired) electrons. The van der Waals surface area contributed by atoms with Gasteiger partial charge in [0.1, 0.15) is 12.0 Å². The minimum absolute atomic E-state index is 0.546. The normalized spacial score (nSPS) is 10.4. The third kappa shape index (κ3) is 1.67. The summed E-state index contributed by atoms with van der Waals surface area (Å²) in [4.78, 5) is 4.25. The van der Waals surface area contributed by atoms with Crippen molar-refractivity contribution >= 4 is 0 Å². The fourth-order valence-corrected chi connectivity index (χ4v) is 1.35. The van der Waals surface area contributed by atoms with E-state index < -0.39 is 0 Å². The zero-order valence-electron chi connectivity index (χ0n) is 8.03. The highest BCUT2D eigenvalue weighted by molar-refractivity contribution is 5.58. The molecule has 0 aliphatic carbocycles. The van der Waals surface area contributed by atoms with Gasteiger partial charge in [-0.2, -0.15) is 0 Å². The molecule has 14 heavy (non-hydrogen) atoms. The van der Waals surface area contributed by atoms with E-state index in [2.05, 4.69) is 4.98 Å². The Hall–Kier alpha value is -1.61. The molecule has 0 aliphatic rings. The van der Waals surface area contributed by atoms with Gasteiger partial charge in [0.25, 0.3) is 0 Å². The maximum Gasteiger partial charge on any atom is 0.191 e. The fourth-order valence-electron chi connectivity index (χ4n) is 1.35. The molecule has 1 aromatic carbocycles. The number of hydrogen-bond donors (Lipinski definition) is 1. The molecule has 2 aromatic rings. The second kappa shape index (κ2) is 3.64. The predicted molar refractivity (Wildman–Crippen MR) is 54.6 cm³/mol. The van der Waals surface area contributed by atoms with Crippen LogP contribution in [0.3, 0.4) is 0 Å². The average Bonchev–Trinajstić information content (AvgIpc) is 2.65. The third-order valence-electron chi connectivity index (χ3n) is 2.08. The summed E-state index contributed by atoms with van der Waals surface area (Å²) in [5.41, 5.74) is 8.56. The van der Waals surface area contributed by atoms with Crippen molar-refractivity contribution in [2.45, 2.75) is 13.5 Å². The minimum Gasteiger partial charge on any atom is -0.449 e. The van der Waals surface area contributed by atoms with Gasteiger partial charge in [0.2, 0.25) is 0 Å². The molecule has 0 saturated carbocycles. The van der Waals surface area contributed by atoms with Gasteiger partial charge in [-0.05, 0) is 11.6 Å². The zero-order valence-corrected chi connectivity index (χ0v) is 8.03. The van der Waals surface area contributed by atoms with E-state index >= 15 is 0 Å². The standard InChI is InChI=1S/C11H12N2O/c1-8-13-11(7-14-8)10-4-2-3-9(5-10)6-12/h2-5,7H,6,12H2,1H3. The molecule has 1 heterocycles. The SMILES string of the molecule is Cc1nc(-c2cccc(CN)c2)co1. The molecule has 0 amide bonds. The van der Waals surface area contributed by atoms with Crippen molar-refractivity contribution in [1.82, 2.24) is 4.98 Å². The maximum atomic E-state index is 5.56. The van der Waals surface area contributed by atoms with Gasteiger partial charge in [0, 0.05) is 19.0 Å². The van der Waals surface area contributed by atoms with E-state index in [9.17, 15) is 0 Å². The van der Waals surface area contributed by atoms with E-state index in [-0.39, 0.29) is 0 Å². The lowest BCUT2D eigenvalue weighted by Gasteiger charge is -1.99. The van der Waals surface area contributed by atoms with Crippen molar-refractivity contribution in [1.29, 1.82) is 0 Å². The minimum atomic E-state index is 0.546. The number of rotatable bonds is 2. The van der Waals surface area contributed by atoms with Crippen LogP contribution in [0.2, 0.25) is 0 Å². The van der Waals surface area contributed by atoms with Gasteiger partial charge in [-0.25, -0.2) is 4.98 Å². The topological polar surface area (TPSA) is 52.0 Å². The van der Waals surface area contributed by atoms with E-state index in [1.807, 2.05) is 31.2 Å². The first-order valence-corrected chi connectivity index (χ1v) is 4.51. The van der Waals surface area contributed by atoms with Crippen molar-refractivity contribution < 1.29 is 4.42 Å². The summed E-state index contributed by atoms with van der Waals surface area (Å²) in [6.07, 6.45) is 1.66. The average molecular weight is 188 g/mol. The zero-order chi connectivity index (χ0) is 9.97. The molecule has 1 aromatic heterocycles. The molecule has 0 aliphatic heterocycles. The number of oxazole rings is 1. The lowest BCUT2D eigenvalue weighted by atomic mass is 10.1. The molecule has 0 spiro atoms. The molecule has 2 N–H and O–H groups in total. The van der Waals surface area contributed by atoms with Gasteiger partial charge < -0.3 is 10.2 Å². The van der Waals surface area contributed by atoms with Crippen LogP contribution < -0.4 is 5.73 Å². The Labute approximate surface area is 82.6 Å². The fraction of sp³-hybridized carbons (Fsp3) is 0.182. The Kier molecular flexibility index (Phi) is 2.33. The number of aryl methyl sites for hydroxylation is 1. The molecule has 0 bridgehead atoms. The second-order valence-corrected chi connectivity index (χ2v) is 3.16. The van der Waals surface area contributed by atoms with Gasteiger partial charge in [-0.1, -0.05) is 18.2 Å².